The number of benzene rings is 2. The van der Waals surface area contributed by atoms with Crippen molar-refractivity contribution in [2.75, 3.05) is 26.2 Å². The van der Waals surface area contributed by atoms with Crippen molar-refractivity contribution in [1.29, 1.82) is 0 Å². The standard InChI is InChI=1S/C20H23NO/c1-3-14-21(15-4-2)16-17-22-20-13-9-8-12-19(20)18-10-6-5-7-11-18/h3-13H,1-2,14-17H2/p+1. The van der Waals surface area contributed by atoms with Crippen molar-refractivity contribution >= 4 is 0 Å². The maximum Gasteiger partial charge on any atom is 0.137 e. The van der Waals surface area contributed by atoms with Crippen LogP contribution in [0.1, 0.15) is 0 Å². The lowest BCUT2D eigenvalue weighted by Gasteiger charge is -2.17. The zero-order valence-electron chi connectivity index (χ0n) is 13.0. The van der Waals surface area contributed by atoms with Crippen molar-refractivity contribution in [2.45, 2.75) is 0 Å². The molecule has 2 nitrogen and oxygen atoms in total. The fourth-order valence-corrected chi connectivity index (χ4v) is 2.45. The maximum absolute atomic E-state index is 6.03. The Hall–Kier alpha value is -2.32. The molecule has 0 saturated heterocycles. The Labute approximate surface area is 133 Å². The molecule has 0 saturated carbocycles. The molecule has 0 radical (unpaired) electrons. The molecule has 0 aromatic heterocycles. The Bertz CT molecular complexity index is 582. The second kappa shape index (κ2) is 8.85. The highest BCUT2D eigenvalue weighted by Crippen LogP contribution is 2.29. The topological polar surface area (TPSA) is 13.7 Å². The summed E-state index contributed by atoms with van der Waals surface area (Å²) >= 11 is 0. The highest BCUT2D eigenvalue weighted by Gasteiger charge is 2.08. The zero-order chi connectivity index (χ0) is 15.6. The Morgan fingerprint density at radius 3 is 2.18 bits per heavy atom. The lowest BCUT2D eigenvalue weighted by molar-refractivity contribution is -0.888. The Kier molecular flexibility index (Phi) is 6.46. The molecular weight excluding hydrogens is 270 g/mol. The second-order valence-corrected chi connectivity index (χ2v) is 5.20. The lowest BCUT2D eigenvalue weighted by Crippen LogP contribution is -3.12. The Morgan fingerprint density at radius 2 is 1.50 bits per heavy atom. The molecule has 2 aromatic carbocycles. The Balaban J connectivity index is 2.01. The van der Waals surface area contributed by atoms with Crippen LogP contribution in [0, 0.1) is 0 Å². The van der Waals surface area contributed by atoms with Crippen LogP contribution >= 0.6 is 0 Å². The summed E-state index contributed by atoms with van der Waals surface area (Å²) in [4.78, 5) is 1.40. The third-order valence-corrected chi connectivity index (χ3v) is 3.55. The van der Waals surface area contributed by atoms with E-state index in [1.165, 1.54) is 10.5 Å². The van der Waals surface area contributed by atoms with Gasteiger partial charge in [-0.1, -0.05) is 61.7 Å². The molecule has 0 heterocycles. The molecule has 0 atom stereocenters. The van der Waals surface area contributed by atoms with Crippen molar-refractivity contribution in [1.82, 2.24) is 0 Å². The molecule has 0 aliphatic rings. The van der Waals surface area contributed by atoms with E-state index >= 15 is 0 Å². The van der Waals surface area contributed by atoms with Gasteiger partial charge in [0, 0.05) is 5.56 Å². The smallest absolute Gasteiger partial charge is 0.137 e. The van der Waals surface area contributed by atoms with Gasteiger partial charge in [-0.15, -0.1) is 0 Å². The van der Waals surface area contributed by atoms with E-state index in [2.05, 4.69) is 31.4 Å². The van der Waals surface area contributed by atoms with Gasteiger partial charge in [-0.25, -0.2) is 0 Å². The average Bonchev–Trinajstić information content (AvgIpc) is 2.56. The first-order chi connectivity index (χ1) is 10.8. The van der Waals surface area contributed by atoms with Gasteiger partial charge in [-0.2, -0.15) is 0 Å². The van der Waals surface area contributed by atoms with Crippen molar-refractivity contribution in [3.05, 3.63) is 79.9 Å². The molecule has 0 fully saturated rings. The van der Waals surface area contributed by atoms with Gasteiger partial charge in [0.25, 0.3) is 0 Å². The zero-order valence-corrected chi connectivity index (χ0v) is 13.0. The molecule has 2 rings (SSSR count). The molecule has 114 valence electrons. The van der Waals surface area contributed by atoms with Gasteiger partial charge in [-0.3, -0.25) is 0 Å². The van der Waals surface area contributed by atoms with Gasteiger partial charge >= 0.3 is 0 Å². The van der Waals surface area contributed by atoms with E-state index in [1.54, 1.807) is 0 Å². The van der Waals surface area contributed by atoms with Crippen LogP contribution < -0.4 is 9.64 Å². The fourth-order valence-electron chi connectivity index (χ4n) is 2.45. The second-order valence-electron chi connectivity index (χ2n) is 5.20. The van der Waals surface area contributed by atoms with Crippen LogP contribution in [0.3, 0.4) is 0 Å². The predicted octanol–water partition coefficient (Wildman–Crippen LogP) is 2.99. The summed E-state index contributed by atoms with van der Waals surface area (Å²) in [7, 11) is 0. The summed E-state index contributed by atoms with van der Waals surface area (Å²) in [6, 6.07) is 18.5. The fraction of sp³-hybridized carbons (Fsp3) is 0.200. The third kappa shape index (κ3) is 4.61. The van der Waals surface area contributed by atoms with Crippen LogP contribution in [0.25, 0.3) is 11.1 Å². The van der Waals surface area contributed by atoms with Crippen LogP contribution in [0.5, 0.6) is 5.75 Å². The highest BCUT2D eigenvalue weighted by molar-refractivity contribution is 5.70. The lowest BCUT2D eigenvalue weighted by atomic mass is 10.1. The van der Waals surface area contributed by atoms with Crippen molar-refractivity contribution in [2.24, 2.45) is 0 Å². The largest absolute Gasteiger partial charge is 0.487 e. The molecule has 0 unspecified atom stereocenters. The molecule has 0 spiro atoms. The SMILES string of the molecule is C=CC[NH+](CC=C)CCOc1ccccc1-c1ccccc1. The predicted molar refractivity (Wildman–Crippen MR) is 93.3 cm³/mol. The molecule has 0 bridgehead atoms. The normalized spacial score (nSPS) is 10.4. The van der Waals surface area contributed by atoms with E-state index in [4.69, 9.17) is 4.74 Å². The number of quaternary nitrogens is 1. The molecule has 0 aliphatic carbocycles. The summed E-state index contributed by atoms with van der Waals surface area (Å²) in [6.07, 6.45) is 3.88. The van der Waals surface area contributed by atoms with E-state index in [0.29, 0.717) is 6.61 Å². The van der Waals surface area contributed by atoms with Crippen LogP contribution in [-0.2, 0) is 0 Å². The van der Waals surface area contributed by atoms with E-state index in [9.17, 15) is 0 Å². The monoisotopic (exact) mass is 294 g/mol. The van der Waals surface area contributed by atoms with Crippen molar-refractivity contribution in [3.63, 3.8) is 0 Å². The molecule has 2 aromatic rings. The number of hydrogen-bond donors (Lipinski definition) is 1. The summed E-state index contributed by atoms with van der Waals surface area (Å²) < 4.78 is 6.03. The molecule has 22 heavy (non-hydrogen) atoms. The first-order valence-corrected chi connectivity index (χ1v) is 7.67. The average molecular weight is 294 g/mol. The van der Waals surface area contributed by atoms with Gasteiger partial charge < -0.3 is 9.64 Å². The summed E-state index contributed by atoms with van der Waals surface area (Å²) in [6.45, 7) is 11.1. The van der Waals surface area contributed by atoms with E-state index in [-0.39, 0.29) is 0 Å². The molecule has 0 aliphatic heterocycles. The minimum atomic E-state index is 0.681. The molecule has 2 heteroatoms. The number of rotatable bonds is 9. The summed E-state index contributed by atoms with van der Waals surface area (Å²) in [5, 5.41) is 0. The van der Waals surface area contributed by atoms with Gasteiger partial charge in [0.15, 0.2) is 0 Å². The first-order valence-electron chi connectivity index (χ1n) is 7.67. The van der Waals surface area contributed by atoms with Crippen molar-refractivity contribution in [3.8, 4) is 16.9 Å². The van der Waals surface area contributed by atoms with Gasteiger partial charge in [-0.05, 0) is 23.8 Å². The van der Waals surface area contributed by atoms with Crippen LogP contribution in [0.15, 0.2) is 79.9 Å². The molecular formula is C20H24NO+. The minimum Gasteiger partial charge on any atom is -0.487 e. The van der Waals surface area contributed by atoms with Gasteiger partial charge in [0.1, 0.15) is 18.9 Å². The van der Waals surface area contributed by atoms with Gasteiger partial charge in [0.2, 0.25) is 0 Å². The van der Waals surface area contributed by atoms with Crippen LogP contribution in [0.2, 0.25) is 0 Å². The quantitative estimate of drug-likeness (QED) is 0.702. The number of ether oxygens (including phenoxy) is 1. The number of para-hydroxylation sites is 1. The van der Waals surface area contributed by atoms with Crippen LogP contribution in [-0.4, -0.2) is 26.2 Å². The van der Waals surface area contributed by atoms with E-state index in [1.807, 2.05) is 48.6 Å². The van der Waals surface area contributed by atoms with Crippen molar-refractivity contribution < 1.29 is 9.64 Å². The number of nitrogens with one attached hydrogen (secondary N) is 1. The summed E-state index contributed by atoms with van der Waals surface area (Å²) in [5.41, 5.74) is 2.32. The Morgan fingerprint density at radius 1 is 0.864 bits per heavy atom. The summed E-state index contributed by atoms with van der Waals surface area (Å²) in [5.74, 6) is 0.935. The van der Waals surface area contributed by atoms with E-state index < -0.39 is 0 Å². The van der Waals surface area contributed by atoms with Gasteiger partial charge in [0.05, 0.1) is 13.1 Å². The number of hydrogen-bond acceptors (Lipinski definition) is 1. The molecule has 0 amide bonds. The highest BCUT2D eigenvalue weighted by atomic mass is 16.5. The molecule has 1 N–H and O–H groups in total. The maximum atomic E-state index is 6.03. The first kappa shape index (κ1) is 16.1. The third-order valence-electron chi connectivity index (χ3n) is 3.55. The van der Waals surface area contributed by atoms with Crippen LogP contribution in [0.4, 0.5) is 0 Å². The minimum absolute atomic E-state index is 0.681. The van der Waals surface area contributed by atoms with E-state index in [0.717, 1.165) is 30.9 Å².